The molecule has 2 aromatic rings. The van der Waals surface area contributed by atoms with Gasteiger partial charge < -0.3 is 9.47 Å². The Morgan fingerprint density at radius 1 is 0.952 bits per heavy atom. The van der Waals surface area contributed by atoms with Crippen LogP contribution in [0.25, 0.3) is 6.08 Å². The molecule has 0 aliphatic heterocycles. The summed E-state index contributed by atoms with van der Waals surface area (Å²) < 4.78 is 10.3. The Bertz CT molecular complexity index is 655. The topological polar surface area (TPSA) is 35.5 Å². The van der Waals surface area contributed by atoms with Crippen LogP contribution in [0.5, 0.6) is 11.5 Å². The van der Waals surface area contributed by atoms with Crippen LogP contribution >= 0.6 is 0 Å². The quantitative estimate of drug-likeness (QED) is 0.484. The third-order valence-electron chi connectivity index (χ3n) is 3.22. The van der Waals surface area contributed by atoms with Crippen LogP contribution in [0, 0.1) is 13.8 Å². The first-order valence-electron chi connectivity index (χ1n) is 6.69. The van der Waals surface area contributed by atoms with E-state index in [1.807, 2.05) is 50.2 Å². The Labute approximate surface area is 124 Å². The molecule has 0 atom stereocenters. The summed E-state index contributed by atoms with van der Waals surface area (Å²) >= 11 is 0. The zero-order valence-electron chi connectivity index (χ0n) is 12.4. The van der Waals surface area contributed by atoms with E-state index in [0.29, 0.717) is 5.75 Å². The minimum absolute atomic E-state index is 0.394. The number of methoxy groups -OCH3 is 1. The van der Waals surface area contributed by atoms with Gasteiger partial charge in [-0.15, -0.1) is 0 Å². The molecule has 0 N–H and O–H groups in total. The molecule has 0 heterocycles. The number of carbonyl (C=O) groups excluding carboxylic acids is 1. The SMILES string of the molecule is COc1ccc(C=CC(=O)Oc2ccc(C)c(C)c2)cc1. The van der Waals surface area contributed by atoms with Crippen molar-refractivity contribution in [2.24, 2.45) is 0 Å². The monoisotopic (exact) mass is 282 g/mol. The standard InChI is InChI=1S/C18H18O3/c1-13-4-8-17(12-14(13)2)21-18(19)11-7-15-5-9-16(20-3)10-6-15/h4-12H,1-3H3. The highest BCUT2D eigenvalue weighted by Crippen LogP contribution is 2.17. The summed E-state index contributed by atoms with van der Waals surface area (Å²) in [5, 5.41) is 0. The van der Waals surface area contributed by atoms with Crippen LogP contribution in [-0.2, 0) is 4.79 Å². The van der Waals surface area contributed by atoms with Gasteiger partial charge in [0.1, 0.15) is 11.5 Å². The van der Waals surface area contributed by atoms with Crippen molar-refractivity contribution >= 4 is 12.0 Å². The highest BCUT2D eigenvalue weighted by molar-refractivity contribution is 5.88. The number of aryl methyl sites for hydroxylation is 2. The molecule has 0 fully saturated rings. The first-order valence-corrected chi connectivity index (χ1v) is 6.69. The van der Waals surface area contributed by atoms with Gasteiger partial charge in [0, 0.05) is 6.08 Å². The lowest BCUT2D eigenvalue weighted by molar-refractivity contribution is -0.128. The summed E-state index contributed by atoms with van der Waals surface area (Å²) in [6, 6.07) is 13.0. The van der Waals surface area contributed by atoms with Gasteiger partial charge in [0.05, 0.1) is 7.11 Å². The van der Waals surface area contributed by atoms with Crippen LogP contribution in [0.15, 0.2) is 48.5 Å². The van der Waals surface area contributed by atoms with E-state index in [9.17, 15) is 4.79 Å². The zero-order chi connectivity index (χ0) is 15.2. The number of hydrogen-bond donors (Lipinski definition) is 0. The van der Waals surface area contributed by atoms with E-state index in [4.69, 9.17) is 9.47 Å². The molecule has 0 spiro atoms. The van der Waals surface area contributed by atoms with E-state index in [2.05, 4.69) is 0 Å². The highest BCUT2D eigenvalue weighted by Gasteiger charge is 2.02. The maximum atomic E-state index is 11.8. The summed E-state index contributed by atoms with van der Waals surface area (Å²) in [5.74, 6) is 0.946. The number of rotatable bonds is 4. The Hall–Kier alpha value is -2.55. The normalized spacial score (nSPS) is 10.6. The van der Waals surface area contributed by atoms with Gasteiger partial charge in [-0.1, -0.05) is 18.2 Å². The second-order valence-corrected chi connectivity index (χ2v) is 4.77. The van der Waals surface area contributed by atoms with Gasteiger partial charge >= 0.3 is 5.97 Å². The van der Waals surface area contributed by atoms with Gasteiger partial charge in [-0.25, -0.2) is 4.79 Å². The molecule has 0 bridgehead atoms. The van der Waals surface area contributed by atoms with Gasteiger partial charge in [-0.2, -0.15) is 0 Å². The zero-order valence-corrected chi connectivity index (χ0v) is 12.4. The number of hydrogen-bond acceptors (Lipinski definition) is 3. The van der Waals surface area contributed by atoms with E-state index in [1.165, 1.54) is 11.6 Å². The largest absolute Gasteiger partial charge is 0.497 e. The van der Waals surface area contributed by atoms with Crippen molar-refractivity contribution in [3.63, 3.8) is 0 Å². The van der Waals surface area contributed by atoms with Crippen molar-refractivity contribution in [1.82, 2.24) is 0 Å². The van der Waals surface area contributed by atoms with E-state index in [0.717, 1.165) is 16.9 Å². The molecule has 3 heteroatoms. The predicted octanol–water partition coefficient (Wildman–Crippen LogP) is 3.93. The van der Waals surface area contributed by atoms with Gasteiger partial charge in [0.15, 0.2) is 0 Å². The smallest absolute Gasteiger partial charge is 0.336 e. The summed E-state index contributed by atoms with van der Waals surface area (Å²) in [6.45, 7) is 4.00. The Morgan fingerprint density at radius 3 is 2.24 bits per heavy atom. The summed E-state index contributed by atoms with van der Waals surface area (Å²) in [7, 11) is 1.62. The molecule has 0 radical (unpaired) electrons. The Kier molecular flexibility index (Phi) is 4.77. The maximum Gasteiger partial charge on any atom is 0.336 e. The van der Waals surface area contributed by atoms with E-state index in [-0.39, 0.29) is 0 Å². The minimum atomic E-state index is -0.394. The second-order valence-electron chi connectivity index (χ2n) is 4.77. The maximum absolute atomic E-state index is 11.8. The molecule has 0 saturated heterocycles. The van der Waals surface area contributed by atoms with Crippen molar-refractivity contribution in [1.29, 1.82) is 0 Å². The molecule has 0 unspecified atom stereocenters. The van der Waals surface area contributed by atoms with E-state index >= 15 is 0 Å². The van der Waals surface area contributed by atoms with Crippen molar-refractivity contribution < 1.29 is 14.3 Å². The molecular weight excluding hydrogens is 264 g/mol. The van der Waals surface area contributed by atoms with E-state index < -0.39 is 5.97 Å². The predicted molar refractivity (Wildman–Crippen MR) is 83.6 cm³/mol. The van der Waals surface area contributed by atoms with Crippen LogP contribution in [0.4, 0.5) is 0 Å². The molecule has 0 amide bonds. The van der Waals surface area contributed by atoms with Gasteiger partial charge in [0.2, 0.25) is 0 Å². The molecule has 0 aliphatic rings. The van der Waals surface area contributed by atoms with Crippen LogP contribution in [0.1, 0.15) is 16.7 Å². The van der Waals surface area contributed by atoms with Crippen LogP contribution in [0.3, 0.4) is 0 Å². The third kappa shape index (κ3) is 4.21. The minimum Gasteiger partial charge on any atom is -0.497 e. The average molecular weight is 282 g/mol. The summed E-state index contributed by atoms with van der Waals surface area (Å²) in [6.07, 6.45) is 3.12. The first kappa shape index (κ1) is 14.9. The first-order chi connectivity index (χ1) is 10.1. The second kappa shape index (κ2) is 6.75. The molecule has 2 aromatic carbocycles. The molecule has 108 valence electrons. The van der Waals surface area contributed by atoms with Gasteiger partial charge in [0.25, 0.3) is 0 Å². The number of benzene rings is 2. The fourth-order valence-corrected chi connectivity index (χ4v) is 1.81. The lowest BCUT2D eigenvalue weighted by Crippen LogP contribution is -2.03. The number of ether oxygens (including phenoxy) is 2. The lowest BCUT2D eigenvalue weighted by Gasteiger charge is -2.04. The molecule has 0 aromatic heterocycles. The van der Waals surface area contributed by atoms with Crippen molar-refractivity contribution in [2.45, 2.75) is 13.8 Å². The van der Waals surface area contributed by atoms with Crippen LogP contribution in [-0.4, -0.2) is 13.1 Å². The fraction of sp³-hybridized carbons (Fsp3) is 0.167. The molecule has 3 nitrogen and oxygen atoms in total. The average Bonchev–Trinajstić information content (AvgIpc) is 2.49. The lowest BCUT2D eigenvalue weighted by atomic mass is 10.1. The highest BCUT2D eigenvalue weighted by atomic mass is 16.5. The third-order valence-corrected chi connectivity index (χ3v) is 3.22. The summed E-state index contributed by atoms with van der Waals surface area (Å²) in [5.41, 5.74) is 3.18. The van der Waals surface area contributed by atoms with Crippen LogP contribution in [0.2, 0.25) is 0 Å². The van der Waals surface area contributed by atoms with E-state index in [1.54, 1.807) is 19.3 Å². The molecule has 2 rings (SSSR count). The fourth-order valence-electron chi connectivity index (χ4n) is 1.81. The van der Waals surface area contributed by atoms with Crippen molar-refractivity contribution in [2.75, 3.05) is 7.11 Å². The molecule has 21 heavy (non-hydrogen) atoms. The number of esters is 1. The Morgan fingerprint density at radius 2 is 1.62 bits per heavy atom. The summed E-state index contributed by atoms with van der Waals surface area (Å²) in [4.78, 5) is 11.8. The van der Waals surface area contributed by atoms with Crippen molar-refractivity contribution in [3.8, 4) is 11.5 Å². The van der Waals surface area contributed by atoms with Crippen LogP contribution < -0.4 is 9.47 Å². The molecule has 0 saturated carbocycles. The molecular formula is C18H18O3. The number of carbonyl (C=O) groups is 1. The van der Waals surface area contributed by atoms with Gasteiger partial charge in [-0.3, -0.25) is 0 Å². The Balaban J connectivity index is 1.99. The van der Waals surface area contributed by atoms with Crippen molar-refractivity contribution in [3.05, 3.63) is 65.2 Å². The molecule has 0 aliphatic carbocycles. The van der Waals surface area contributed by atoms with Gasteiger partial charge in [-0.05, 0) is 60.9 Å².